The van der Waals surface area contributed by atoms with Crippen LogP contribution in [0.2, 0.25) is 0 Å². The fraction of sp³-hybridized carbons (Fsp3) is 0.625. The molecule has 1 heterocycles. The molecule has 0 unspecified atom stereocenters. The molecule has 1 fully saturated rings. The molecule has 0 aliphatic carbocycles. The van der Waals surface area contributed by atoms with Gasteiger partial charge in [0, 0.05) is 19.7 Å². The molecule has 1 saturated heterocycles. The van der Waals surface area contributed by atoms with Crippen LogP contribution in [0, 0.1) is 5.92 Å². The summed E-state index contributed by atoms with van der Waals surface area (Å²) in [7, 11) is -3.09. The average molecular weight is 311 g/mol. The molecule has 0 bridgehead atoms. The second kappa shape index (κ2) is 7.38. The zero-order valence-corrected chi connectivity index (χ0v) is 13.7. The molecule has 2 rings (SSSR count). The van der Waals surface area contributed by atoms with Gasteiger partial charge >= 0.3 is 0 Å². The van der Waals surface area contributed by atoms with Gasteiger partial charge < -0.3 is 4.74 Å². The maximum atomic E-state index is 12.1. The standard InChI is InChI=1S/C16H25NO3S/c1-14(2)21(18,19)17-10-8-16(9-11-17)13-20-12-15-6-4-3-5-7-15/h3-7,14,16H,8-13H2,1-2H3. The SMILES string of the molecule is CC(C)S(=O)(=O)N1CCC(COCc2ccccc2)CC1. The summed E-state index contributed by atoms with van der Waals surface area (Å²) in [6.07, 6.45) is 1.78. The van der Waals surface area contributed by atoms with Gasteiger partial charge in [0.15, 0.2) is 0 Å². The Morgan fingerprint density at radius 2 is 1.81 bits per heavy atom. The molecule has 5 heteroatoms. The third-order valence-electron chi connectivity index (χ3n) is 3.99. The van der Waals surface area contributed by atoms with E-state index in [4.69, 9.17) is 4.74 Å². The number of ether oxygens (including phenoxy) is 1. The number of nitrogens with zero attached hydrogens (tertiary/aromatic N) is 1. The zero-order chi connectivity index (χ0) is 15.3. The lowest BCUT2D eigenvalue weighted by atomic mass is 9.99. The first-order valence-electron chi connectivity index (χ1n) is 7.61. The molecule has 118 valence electrons. The second-order valence-electron chi connectivity index (χ2n) is 5.94. The third kappa shape index (κ3) is 4.53. The number of rotatable bonds is 6. The Balaban J connectivity index is 1.72. The van der Waals surface area contributed by atoms with Gasteiger partial charge in [-0.15, -0.1) is 0 Å². The summed E-state index contributed by atoms with van der Waals surface area (Å²) in [6.45, 7) is 6.07. The first-order valence-corrected chi connectivity index (χ1v) is 9.11. The Bertz CT molecular complexity index is 520. The van der Waals surface area contributed by atoms with E-state index in [1.807, 2.05) is 18.2 Å². The van der Waals surface area contributed by atoms with Crippen molar-refractivity contribution in [1.82, 2.24) is 4.31 Å². The first kappa shape index (κ1) is 16.5. The lowest BCUT2D eigenvalue weighted by molar-refractivity contribution is 0.0687. The van der Waals surface area contributed by atoms with Crippen LogP contribution < -0.4 is 0 Å². The van der Waals surface area contributed by atoms with Gasteiger partial charge in [-0.25, -0.2) is 12.7 Å². The summed E-state index contributed by atoms with van der Waals surface area (Å²) in [5.74, 6) is 0.465. The lowest BCUT2D eigenvalue weighted by Crippen LogP contribution is -2.42. The topological polar surface area (TPSA) is 46.6 Å². The fourth-order valence-electron chi connectivity index (χ4n) is 2.55. The van der Waals surface area contributed by atoms with Crippen molar-refractivity contribution in [2.75, 3.05) is 19.7 Å². The molecule has 1 aromatic carbocycles. The van der Waals surface area contributed by atoms with Crippen LogP contribution in [0.5, 0.6) is 0 Å². The minimum atomic E-state index is -3.09. The van der Waals surface area contributed by atoms with E-state index in [2.05, 4.69) is 12.1 Å². The van der Waals surface area contributed by atoms with Gasteiger partial charge in [0.1, 0.15) is 0 Å². The minimum absolute atomic E-state index is 0.330. The zero-order valence-electron chi connectivity index (χ0n) is 12.9. The maximum absolute atomic E-state index is 12.1. The highest BCUT2D eigenvalue weighted by molar-refractivity contribution is 7.89. The molecule has 0 saturated carbocycles. The van der Waals surface area contributed by atoms with E-state index in [0.29, 0.717) is 32.2 Å². The van der Waals surface area contributed by atoms with Crippen molar-refractivity contribution in [2.24, 2.45) is 5.92 Å². The molecule has 0 amide bonds. The van der Waals surface area contributed by atoms with E-state index in [0.717, 1.165) is 12.8 Å². The predicted molar refractivity (Wildman–Crippen MR) is 84.5 cm³/mol. The molecule has 0 atom stereocenters. The van der Waals surface area contributed by atoms with Crippen molar-refractivity contribution in [3.05, 3.63) is 35.9 Å². The quantitative estimate of drug-likeness (QED) is 0.811. The number of piperidine rings is 1. The van der Waals surface area contributed by atoms with Crippen LogP contribution in [-0.4, -0.2) is 37.7 Å². The monoisotopic (exact) mass is 311 g/mol. The lowest BCUT2D eigenvalue weighted by Gasteiger charge is -2.32. The first-order chi connectivity index (χ1) is 10.00. The van der Waals surface area contributed by atoms with Gasteiger partial charge in [-0.05, 0) is 38.2 Å². The molecule has 0 spiro atoms. The van der Waals surface area contributed by atoms with Crippen molar-refractivity contribution in [1.29, 1.82) is 0 Å². The summed E-state index contributed by atoms with van der Waals surface area (Å²) in [6, 6.07) is 10.1. The van der Waals surface area contributed by atoms with E-state index >= 15 is 0 Å². The van der Waals surface area contributed by atoms with Gasteiger partial charge in [-0.1, -0.05) is 30.3 Å². The van der Waals surface area contributed by atoms with Crippen LogP contribution in [0.15, 0.2) is 30.3 Å². The minimum Gasteiger partial charge on any atom is -0.376 e. The van der Waals surface area contributed by atoms with Gasteiger partial charge in [0.2, 0.25) is 10.0 Å². The van der Waals surface area contributed by atoms with Crippen molar-refractivity contribution in [2.45, 2.75) is 38.5 Å². The molecule has 1 aromatic rings. The third-order valence-corrected chi connectivity index (χ3v) is 6.27. The number of sulfonamides is 1. The number of benzene rings is 1. The molecular weight excluding hydrogens is 286 g/mol. The Morgan fingerprint density at radius 1 is 1.19 bits per heavy atom. The van der Waals surface area contributed by atoms with E-state index < -0.39 is 10.0 Å². The molecule has 1 aliphatic rings. The Hall–Kier alpha value is -0.910. The van der Waals surface area contributed by atoms with Crippen molar-refractivity contribution >= 4 is 10.0 Å². The van der Waals surface area contributed by atoms with Crippen molar-refractivity contribution in [3.8, 4) is 0 Å². The molecule has 21 heavy (non-hydrogen) atoms. The molecule has 0 radical (unpaired) electrons. The maximum Gasteiger partial charge on any atom is 0.216 e. The van der Waals surface area contributed by atoms with Crippen LogP contribution >= 0.6 is 0 Å². The molecule has 0 aromatic heterocycles. The van der Waals surface area contributed by atoms with Gasteiger partial charge in [0.05, 0.1) is 11.9 Å². The summed E-state index contributed by atoms with van der Waals surface area (Å²) in [5, 5.41) is -0.330. The highest BCUT2D eigenvalue weighted by Crippen LogP contribution is 2.22. The normalized spacial score (nSPS) is 18.2. The second-order valence-corrected chi connectivity index (χ2v) is 8.43. The highest BCUT2D eigenvalue weighted by Gasteiger charge is 2.30. The van der Waals surface area contributed by atoms with E-state index in [9.17, 15) is 8.42 Å². The van der Waals surface area contributed by atoms with Gasteiger partial charge in [-0.3, -0.25) is 0 Å². The van der Waals surface area contributed by atoms with Crippen LogP contribution in [0.4, 0.5) is 0 Å². The smallest absolute Gasteiger partial charge is 0.216 e. The summed E-state index contributed by atoms with van der Waals surface area (Å²) in [4.78, 5) is 0. The van der Waals surface area contributed by atoms with Gasteiger partial charge in [0.25, 0.3) is 0 Å². The summed E-state index contributed by atoms with van der Waals surface area (Å²) in [5.41, 5.74) is 1.18. The van der Waals surface area contributed by atoms with Crippen LogP contribution in [0.25, 0.3) is 0 Å². The van der Waals surface area contributed by atoms with E-state index in [1.54, 1.807) is 18.2 Å². The average Bonchev–Trinajstić information content (AvgIpc) is 2.49. The summed E-state index contributed by atoms with van der Waals surface area (Å²) < 4.78 is 31.6. The van der Waals surface area contributed by atoms with Crippen LogP contribution in [0.3, 0.4) is 0 Å². The van der Waals surface area contributed by atoms with Crippen molar-refractivity contribution in [3.63, 3.8) is 0 Å². The molecule has 4 nitrogen and oxygen atoms in total. The van der Waals surface area contributed by atoms with Crippen LogP contribution in [-0.2, 0) is 21.4 Å². The predicted octanol–water partition coefficient (Wildman–Crippen LogP) is 2.65. The van der Waals surface area contributed by atoms with Crippen LogP contribution in [0.1, 0.15) is 32.3 Å². The Labute approximate surface area is 128 Å². The Kier molecular flexibility index (Phi) is 5.79. The van der Waals surface area contributed by atoms with Crippen molar-refractivity contribution < 1.29 is 13.2 Å². The molecular formula is C16H25NO3S. The fourth-order valence-corrected chi connectivity index (χ4v) is 3.86. The number of hydrogen-bond acceptors (Lipinski definition) is 3. The highest BCUT2D eigenvalue weighted by atomic mass is 32.2. The van der Waals surface area contributed by atoms with E-state index in [1.165, 1.54) is 5.56 Å². The molecule has 1 aliphatic heterocycles. The number of hydrogen-bond donors (Lipinski definition) is 0. The van der Waals surface area contributed by atoms with Gasteiger partial charge in [-0.2, -0.15) is 0 Å². The van der Waals surface area contributed by atoms with E-state index in [-0.39, 0.29) is 5.25 Å². The summed E-state index contributed by atoms with van der Waals surface area (Å²) >= 11 is 0. The Morgan fingerprint density at radius 3 is 2.38 bits per heavy atom. The molecule has 0 N–H and O–H groups in total. The largest absolute Gasteiger partial charge is 0.376 e.